The summed E-state index contributed by atoms with van der Waals surface area (Å²) in [6.45, 7) is 3.50. The maximum atomic E-state index is 11.4. The zero-order chi connectivity index (χ0) is 11.0. The number of anilines is 1. The number of fused-ring (bicyclic) bond motifs is 1. The first kappa shape index (κ1) is 9.66. The zero-order valence-electron chi connectivity index (χ0n) is 8.94. The van der Waals surface area contributed by atoms with Crippen molar-refractivity contribution in [1.82, 2.24) is 0 Å². The SMILES string of the molecule is O=C1COc2cc(N3CCOCC3)ccc21. The minimum atomic E-state index is 0.0727. The summed E-state index contributed by atoms with van der Waals surface area (Å²) in [5.74, 6) is 0.789. The van der Waals surface area contributed by atoms with Crippen LogP contribution in [-0.2, 0) is 4.74 Å². The Bertz CT molecular complexity index is 424. The highest BCUT2D eigenvalue weighted by atomic mass is 16.5. The van der Waals surface area contributed by atoms with Crippen LogP contribution in [0, 0.1) is 0 Å². The van der Waals surface area contributed by atoms with E-state index >= 15 is 0 Å². The maximum Gasteiger partial charge on any atom is 0.203 e. The van der Waals surface area contributed by atoms with Crippen LogP contribution in [0.4, 0.5) is 5.69 Å². The molecule has 0 N–H and O–H groups in total. The predicted octanol–water partition coefficient (Wildman–Crippen LogP) is 1.10. The van der Waals surface area contributed by atoms with Crippen LogP contribution in [0.15, 0.2) is 18.2 Å². The standard InChI is InChI=1S/C12H13NO3/c14-11-8-16-12-7-9(1-2-10(11)12)13-3-5-15-6-4-13/h1-2,7H,3-6,8H2. The molecule has 2 aliphatic heterocycles. The Morgan fingerprint density at radius 3 is 2.81 bits per heavy atom. The Kier molecular flexibility index (Phi) is 2.29. The van der Waals surface area contributed by atoms with Crippen LogP contribution in [-0.4, -0.2) is 38.7 Å². The third-order valence-corrected chi connectivity index (χ3v) is 3.00. The second-order valence-electron chi connectivity index (χ2n) is 3.99. The van der Waals surface area contributed by atoms with Gasteiger partial charge in [0.05, 0.1) is 18.8 Å². The average molecular weight is 219 g/mol. The first-order chi connectivity index (χ1) is 7.84. The summed E-state index contributed by atoms with van der Waals surface area (Å²) >= 11 is 0. The van der Waals surface area contributed by atoms with Crippen molar-refractivity contribution in [2.24, 2.45) is 0 Å². The van der Waals surface area contributed by atoms with E-state index in [9.17, 15) is 4.79 Å². The number of hydrogen-bond acceptors (Lipinski definition) is 4. The molecule has 16 heavy (non-hydrogen) atoms. The molecule has 0 aromatic heterocycles. The summed E-state index contributed by atoms with van der Waals surface area (Å²) < 4.78 is 10.6. The topological polar surface area (TPSA) is 38.8 Å². The number of benzene rings is 1. The Morgan fingerprint density at radius 2 is 2.00 bits per heavy atom. The van der Waals surface area contributed by atoms with Crippen molar-refractivity contribution < 1.29 is 14.3 Å². The first-order valence-corrected chi connectivity index (χ1v) is 5.47. The van der Waals surface area contributed by atoms with Crippen molar-refractivity contribution >= 4 is 11.5 Å². The fraction of sp³-hybridized carbons (Fsp3) is 0.417. The van der Waals surface area contributed by atoms with Crippen LogP contribution in [0.25, 0.3) is 0 Å². The molecule has 0 saturated carbocycles. The Hall–Kier alpha value is -1.55. The quantitative estimate of drug-likeness (QED) is 0.709. The van der Waals surface area contributed by atoms with Gasteiger partial charge in [-0.15, -0.1) is 0 Å². The Balaban J connectivity index is 1.89. The summed E-state index contributed by atoms with van der Waals surface area (Å²) in [6, 6.07) is 5.79. The van der Waals surface area contributed by atoms with E-state index in [2.05, 4.69) is 4.90 Å². The van der Waals surface area contributed by atoms with E-state index in [-0.39, 0.29) is 12.4 Å². The minimum absolute atomic E-state index is 0.0727. The molecule has 0 radical (unpaired) electrons. The largest absolute Gasteiger partial charge is 0.485 e. The van der Waals surface area contributed by atoms with Crippen molar-refractivity contribution in [1.29, 1.82) is 0 Å². The molecule has 1 fully saturated rings. The number of morpholine rings is 1. The third kappa shape index (κ3) is 1.55. The third-order valence-electron chi connectivity index (χ3n) is 3.00. The lowest BCUT2D eigenvalue weighted by Gasteiger charge is -2.28. The minimum Gasteiger partial charge on any atom is -0.485 e. The summed E-state index contributed by atoms with van der Waals surface area (Å²) in [4.78, 5) is 13.6. The summed E-state index contributed by atoms with van der Waals surface area (Å²) in [5.41, 5.74) is 1.81. The lowest BCUT2D eigenvalue weighted by atomic mass is 10.1. The van der Waals surface area contributed by atoms with Gasteiger partial charge in [-0.2, -0.15) is 0 Å². The van der Waals surface area contributed by atoms with Gasteiger partial charge in [-0.25, -0.2) is 0 Å². The van der Waals surface area contributed by atoms with E-state index in [1.165, 1.54) is 0 Å². The normalized spacial score (nSPS) is 19.5. The van der Waals surface area contributed by atoms with E-state index in [4.69, 9.17) is 9.47 Å². The van der Waals surface area contributed by atoms with Gasteiger partial charge in [0.15, 0.2) is 6.61 Å². The number of nitrogens with zero attached hydrogens (tertiary/aromatic N) is 1. The maximum absolute atomic E-state index is 11.4. The molecule has 0 bridgehead atoms. The Morgan fingerprint density at radius 1 is 1.19 bits per heavy atom. The molecule has 3 rings (SSSR count). The van der Waals surface area contributed by atoms with Crippen molar-refractivity contribution in [3.05, 3.63) is 23.8 Å². The molecular formula is C12H13NO3. The predicted molar refractivity (Wildman–Crippen MR) is 59.3 cm³/mol. The highest BCUT2D eigenvalue weighted by molar-refractivity contribution is 6.02. The molecule has 84 valence electrons. The van der Waals surface area contributed by atoms with Crippen LogP contribution in [0.3, 0.4) is 0 Å². The molecule has 0 aliphatic carbocycles. The van der Waals surface area contributed by atoms with Crippen LogP contribution in [0.2, 0.25) is 0 Å². The highest BCUT2D eigenvalue weighted by Crippen LogP contribution is 2.30. The van der Waals surface area contributed by atoms with Crippen molar-refractivity contribution in [3.8, 4) is 5.75 Å². The fourth-order valence-electron chi connectivity index (χ4n) is 2.10. The molecule has 2 aliphatic rings. The van der Waals surface area contributed by atoms with Gasteiger partial charge < -0.3 is 14.4 Å². The molecule has 4 nitrogen and oxygen atoms in total. The van der Waals surface area contributed by atoms with Gasteiger partial charge in [0.25, 0.3) is 0 Å². The lowest BCUT2D eigenvalue weighted by molar-refractivity contribution is 0.0961. The summed E-state index contributed by atoms with van der Waals surface area (Å²) in [5, 5.41) is 0. The van der Waals surface area contributed by atoms with Crippen molar-refractivity contribution in [3.63, 3.8) is 0 Å². The van der Waals surface area contributed by atoms with Gasteiger partial charge in [0, 0.05) is 24.8 Å². The number of carbonyl (C=O) groups is 1. The molecule has 4 heteroatoms. The summed E-state index contributed by atoms with van der Waals surface area (Å²) in [7, 11) is 0. The summed E-state index contributed by atoms with van der Waals surface area (Å²) in [6.07, 6.45) is 0. The van der Waals surface area contributed by atoms with Gasteiger partial charge in [-0.3, -0.25) is 4.79 Å². The van der Waals surface area contributed by atoms with Crippen molar-refractivity contribution in [2.75, 3.05) is 37.8 Å². The lowest BCUT2D eigenvalue weighted by Crippen LogP contribution is -2.36. The molecular weight excluding hydrogens is 206 g/mol. The van der Waals surface area contributed by atoms with E-state index in [1.807, 2.05) is 18.2 Å². The van der Waals surface area contributed by atoms with E-state index in [0.717, 1.165) is 32.0 Å². The molecule has 2 heterocycles. The molecule has 1 aromatic rings. The number of hydrogen-bond donors (Lipinski definition) is 0. The zero-order valence-corrected chi connectivity index (χ0v) is 8.94. The number of ether oxygens (including phenoxy) is 2. The molecule has 0 atom stereocenters. The number of Topliss-reactive ketones (excluding diaryl/α,β-unsaturated/α-hetero) is 1. The monoisotopic (exact) mass is 219 g/mol. The molecule has 1 aromatic carbocycles. The number of ketones is 1. The number of carbonyl (C=O) groups excluding carboxylic acids is 1. The molecule has 0 spiro atoms. The van der Waals surface area contributed by atoms with Crippen molar-refractivity contribution in [2.45, 2.75) is 0 Å². The smallest absolute Gasteiger partial charge is 0.203 e. The van der Waals surface area contributed by atoms with Crippen LogP contribution >= 0.6 is 0 Å². The van der Waals surface area contributed by atoms with Gasteiger partial charge >= 0.3 is 0 Å². The highest BCUT2D eigenvalue weighted by Gasteiger charge is 2.22. The first-order valence-electron chi connectivity index (χ1n) is 5.47. The van der Waals surface area contributed by atoms with Crippen LogP contribution in [0.5, 0.6) is 5.75 Å². The van der Waals surface area contributed by atoms with Crippen LogP contribution in [0.1, 0.15) is 10.4 Å². The average Bonchev–Trinajstić information content (AvgIpc) is 2.72. The van der Waals surface area contributed by atoms with E-state index in [0.29, 0.717) is 11.3 Å². The second-order valence-corrected chi connectivity index (χ2v) is 3.99. The molecule has 0 unspecified atom stereocenters. The fourth-order valence-corrected chi connectivity index (χ4v) is 2.10. The van der Waals surface area contributed by atoms with Gasteiger partial charge in [0.1, 0.15) is 5.75 Å². The van der Waals surface area contributed by atoms with Crippen LogP contribution < -0.4 is 9.64 Å². The van der Waals surface area contributed by atoms with E-state index in [1.54, 1.807) is 0 Å². The number of rotatable bonds is 1. The van der Waals surface area contributed by atoms with E-state index < -0.39 is 0 Å². The molecule has 0 amide bonds. The van der Waals surface area contributed by atoms with Gasteiger partial charge in [-0.05, 0) is 12.1 Å². The second kappa shape index (κ2) is 3.79. The van der Waals surface area contributed by atoms with Gasteiger partial charge in [-0.1, -0.05) is 0 Å². The Labute approximate surface area is 93.8 Å². The molecule has 1 saturated heterocycles. The van der Waals surface area contributed by atoms with Gasteiger partial charge in [0.2, 0.25) is 5.78 Å².